The van der Waals surface area contributed by atoms with Crippen LogP contribution in [0.1, 0.15) is 5.56 Å². The third-order valence-electron chi connectivity index (χ3n) is 2.92. The highest BCUT2D eigenvalue weighted by molar-refractivity contribution is 14.1. The van der Waals surface area contributed by atoms with Gasteiger partial charge in [0.2, 0.25) is 11.8 Å². The number of thioether (sulfide) groups is 1. The molecular formula is C17H17IN2O2S. The Balaban J connectivity index is 1.73. The van der Waals surface area contributed by atoms with Crippen LogP contribution in [0.4, 0.5) is 11.4 Å². The molecule has 2 amide bonds. The summed E-state index contributed by atoms with van der Waals surface area (Å²) in [5.41, 5.74) is 2.66. The number of hydrogen-bond donors (Lipinski definition) is 2. The van der Waals surface area contributed by atoms with E-state index in [2.05, 4.69) is 33.2 Å². The van der Waals surface area contributed by atoms with Crippen LogP contribution >= 0.6 is 34.4 Å². The Labute approximate surface area is 153 Å². The lowest BCUT2D eigenvalue weighted by Gasteiger charge is -2.08. The van der Waals surface area contributed by atoms with E-state index < -0.39 is 0 Å². The highest BCUT2D eigenvalue weighted by atomic mass is 127. The van der Waals surface area contributed by atoms with E-state index in [0.717, 1.165) is 20.5 Å². The Morgan fingerprint density at radius 3 is 2.39 bits per heavy atom. The van der Waals surface area contributed by atoms with Crippen molar-refractivity contribution in [1.82, 2.24) is 0 Å². The Hall–Kier alpha value is -1.54. The van der Waals surface area contributed by atoms with Gasteiger partial charge in [-0.1, -0.05) is 24.3 Å². The van der Waals surface area contributed by atoms with Gasteiger partial charge in [-0.25, -0.2) is 0 Å². The van der Waals surface area contributed by atoms with Crippen LogP contribution in [0.15, 0.2) is 48.5 Å². The van der Waals surface area contributed by atoms with Gasteiger partial charge in [0, 0.05) is 9.26 Å². The zero-order valence-corrected chi connectivity index (χ0v) is 15.6. The lowest BCUT2D eigenvalue weighted by Crippen LogP contribution is -2.18. The largest absolute Gasteiger partial charge is 0.325 e. The van der Waals surface area contributed by atoms with E-state index in [4.69, 9.17) is 0 Å². The van der Waals surface area contributed by atoms with Crippen LogP contribution in [0, 0.1) is 10.5 Å². The second kappa shape index (κ2) is 8.93. The van der Waals surface area contributed by atoms with Crippen LogP contribution in [-0.2, 0) is 9.59 Å². The molecule has 2 N–H and O–H groups in total. The molecule has 2 rings (SSSR count). The minimum atomic E-state index is -0.109. The minimum absolute atomic E-state index is 0.109. The lowest BCUT2D eigenvalue weighted by atomic mass is 10.2. The first kappa shape index (κ1) is 17.8. The maximum absolute atomic E-state index is 11.9. The van der Waals surface area contributed by atoms with E-state index in [-0.39, 0.29) is 23.3 Å². The van der Waals surface area contributed by atoms with Gasteiger partial charge in [0.25, 0.3) is 0 Å². The average molecular weight is 440 g/mol. The number of amides is 2. The summed E-state index contributed by atoms with van der Waals surface area (Å²) in [5, 5.41) is 5.66. The van der Waals surface area contributed by atoms with Gasteiger partial charge in [0.05, 0.1) is 17.2 Å². The van der Waals surface area contributed by atoms with Crippen LogP contribution in [0.3, 0.4) is 0 Å². The summed E-state index contributed by atoms with van der Waals surface area (Å²) in [4.78, 5) is 23.7. The van der Waals surface area contributed by atoms with Crippen LogP contribution < -0.4 is 10.6 Å². The normalized spacial score (nSPS) is 10.2. The van der Waals surface area contributed by atoms with Crippen molar-refractivity contribution in [3.8, 4) is 0 Å². The van der Waals surface area contributed by atoms with E-state index in [9.17, 15) is 9.59 Å². The first-order chi connectivity index (χ1) is 11.0. The molecule has 0 saturated heterocycles. The molecule has 0 unspecified atom stereocenters. The molecule has 0 radical (unpaired) electrons. The number of nitrogens with one attached hydrogen (secondary N) is 2. The van der Waals surface area contributed by atoms with Crippen LogP contribution in [-0.4, -0.2) is 23.3 Å². The number of anilines is 2. The summed E-state index contributed by atoms with van der Waals surface area (Å²) in [5.74, 6) is 0.268. The van der Waals surface area contributed by atoms with Gasteiger partial charge < -0.3 is 10.6 Å². The fourth-order valence-corrected chi connectivity index (χ4v) is 3.04. The van der Waals surface area contributed by atoms with Crippen molar-refractivity contribution >= 4 is 57.5 Å². The summed E-state index contributed by atoms with van der Waals surface area (Å²) < 4.78 is 0.987. The van der Waals surface area contributed by atoms with Crippen molar-refractivity contribution in [3.63, 3.8) is 0 Å². The molecule has 0 saturated carbocycles. The number of hydrogen-bond acceptors (Lipinski definition) is 3. The van der Waals surface area contributed by atoms with Crippen LogP contribution in [0.5, 0.6) is 0 Å². The number of benzene rings is 2. The smallest absolute Gasteiger partial charge is 0.234 e. The standard InChI is InChI=1S/C17H17IN2O2S/c1-12-5-4-6-13(9-12)19-16(21)10-23-11-17(22)20-15-8-3-2-7-14(15)18/h2-9H,10-11H2,1H3,(H,19,21)(H,20,22). The van der Waals surface area contributed by atoms with Crippen molar-refractivity contribution in [2.24, 2.45) is 0 Å². The molecule has 0 aliphatic heterocycles. The molecular weight excluding hydrogens is 423 g/mol. The predicted octanol–water partition coefficient (Wildman–Crippen LogP) is 3.91. The Morgan fingerprint density at radius 2 is 1.70 bits per heavy atom. The summed E-state index contributed by atoms with van der Waals surface area (Å²) in [6, 6.07) is 15.2. The van der Waals surface area contributed by atoms with E-state index in [1.54, 1.807) is 0 Å². The maximum Gasteiger partial charge on any atom is 0.234 e. The summed E-state index contributed by atoms with van der Waals surface area (Å²) >= 11 is 3.46. The first-order valence-corrected chi connectivity index (χ1v) is 9.26. The number of carbonyl (C=O) groups is 2. The number of carbonyl (C=O) groups excluding carboxylic acids is 2. The Morgan fingerprint density at radius 1 is 1.00 bits per heavy atom. The maximum atomic E-state index is 11.9. The SMILES string of the molecule is Cc1cccc(NC(=O)CSCC(=O)Nc2ccccc2I)c1. The van der Waals surface area contributed by atoms with Crippen molar-refractivity contribution in [2.45, 2.75) is 6.92 Å². The Bertz CT molecular complexity index is 706. The molecule has 6 heteroatoms. The van der Waals surface area contributed by atoms with Crippen molar-refractivity contribution in [3.05, 3.63) is 57.7 Å². The van der Waals surface area contributed by atoms with Gasteiger partial charge in [-0.2, -0.15) is 0 Å². The summed E-state index contributed by atoms with van der Waals surface area (Å²) in [7, 11) is 0. The molecule has 0 aliphatic rings. The summed E-state index contributed by atoms with van der Waals surface area (Å²) in [6.07, 6.45) is 0. The number of aryl methyl sites for hydroxylation is 1. The van der Waals surface area contributed by atoms with Gasteiger partial charge in [0.1, 0.15) is 0 Å². The molecule has 2 aromatic carbocycles. The average Bonchev–Trinajstić information content (AvgIpc) is 2.49. The second-order valence-electron chi connectivity index (χ2n) is 4.94. The first-order valence-electron chi connectivity index (χ1n) is 7.03. The number of rotatable bonds is 6. The minimum Gasteiger partial charge on any atom is -0.325 e. The molecule has 0 aromatic heterocycles. The van der Waals surface area contributed by atoms with Crippen molar-refractivity contribution in [2.75, 3.05) is 22.1 Å². The Kier molecular flexibility index (Phi) is 6.91. The molecule has 23 heavy (non-hydrogen) atoms. The van der Waals surface area contributed by atoms with Gasteiger partial charge >= 0.3 is 0 Å². The topological polar surface area (TPSA) is 58.2 Å². The molecule has 0 bridgehead atoms. The van der Waals surface area contributed by atoms with Gasteiger partial charge in [0.15, 0.2) is 0 Å². The van der Waals surface area contributed by atoms with E-state index in [1.165, 1.54) is 11.8 Å². The highest BCUT2D eigenvalue weighted by Crippen LogP contribution is 2.17. The van der Waals surface area contributed by atoms with E-state index in [1.807, 2.05) is 55.5 Å². The molecule has 0 atom stereocenters. The molecule has 4 nitrogen and oxygen atoms in total. The van der Waals surface area contributed by atoms with Crippen molar-refractivity contribution in [1.29, 1.82) is 0 Å². The number of halogens is 1. The lowest BCUT2D eigenvalue weighted by molar-refractivity contribution is -0.114. The number of para-hydroxylation sites is 1. The fourth-order valence-electron chi connectivity index (χ4n) is 1.91. The zero-order chi connectivity index (χ0) is 16.7. The molecule has 2 aromatic rings. The molecule has 0 aliphatic carbocycles. The summed E-state index contributed by atoms with van der Waals surface area (Å²) in [6.45, 7) is 1.97. The third kappa shape index (κ3) is 6.23. The molecule has 0 heterocycles. The monoisotopic (exact) mass is 440 g/mol. The highest BCUT2D eigenvalue weighted by Gasteiger charge is 2.08. The molecule has 0 spiro atoms. The van der Waals surface area contributed by atoms with E-state index in [0.29, 0.717) is 0 Å². The van der Waals surface area contributed by atoms with Crippen LogP contribution in [0.25, 0.3) is 0 Å². The van der Waals surface area contributed by atoms with E-state index >= 15 is 0 Å². The fraction of sp³-hybridized carbons (Fsp3) is 0.176. The zero-order valence-electron chi connectivity index (χ0n) is 12.6. The molecule has 0 fully saturated rings. The third-order valence-corrected chi connectivity index (χ3v) is 4.79. The van der Waals surface area contributed by atoms with Gasteiger partial charge in [-0.05, 0) is 59.3 Å². The van der Waals surface area contributed by atoms with Crippen LogP contribution in [0.2, 0.25) is 0 Å². The quantitative estimate of drug-likeness (QED) is 0.670. The predicted molar refractivity (Wildman–Crippen MR) is 105 cm³/mol. The molecule has 120 valence electrons. The second-order valence-corrected chi connectivity index (χ2v) is 7.09. The van der Waals surface area contributed by atoms with Gasteiger partial charge in [-0.3, -0.25) is 9.59 Å². The van der Waals surface area contributed by atoms with Crippen molar-refractivity contribution < 1.29 is 9.59 Å². The van der Waals surface area contributed by atoms with Gasteiger partial charge in [-0.15, -0.1) is 11.8 Å².